The van der Waals surface area contributed by atoms with Gasteiger partial charge in [-0.05, 0) is 24.3 Å². The zero-order valence-corrected chi connectivity index (χ0v) is 13.7. The van der Waals surface area contributed by atoms with Crippen LogP contribution in [0, 0.1) is 0 Å². The van der Waals surface area contributed by atoms with E-state index in [2.05, 4.69) is 25.3 Å². The number of nitrogens with zero attached hydrogens (tertiary/aromatic N) is 5. The van der Waals surface area contributed by atoms with Crippen LogP contribution in [0.1, 0.15) is 10.5 Å². The SMILES string of the molecule is Cn1ccc(C(=O)NC2CN(c3cnc4cc(Cl)ccc4n3)C2)n1. The number of benzene rings is 1. The van der Waals surface area contributed by atoms with Gasteiger partial charge in [-0.15, -0.1) is 0 Å². The summed E-state index contributed by atoms with van der Waals surface area (Å²) in [7, 11) is 1.79. The van der Waals surface area contributed by atoms with E-state index in [9.17, 15) is 4.79 Å². The Morgan fingerprint density at radius 3 is 2.88 bits per heavy atom. The van der Waals surface area contributed by atoms with Crippen molar-refractivity contribution in [1.82, 2.24) is 25.1 Å². The Morgan fingerprint density at radius 1 is 1.29 bits per heavy atom. The highest BCUT2D eigenvalue weighted by molar-refractivity contribution is 6.31. The molecule has 0 aliphatic carbocycles. The molecule has 4 rings (SSSR count). The highest BCUT2D eigenvalue weighted by Gasteiger charge is 2.30. The smallest absolute Gasteiger partial charge is 0.272 e. The van der Waals surface area contributed by atoms with Crippen LogP contribution in [0.15, 0.2) is 36.7 Å². The Balaban J connectivity index is 1.40. The topological polar surface area (TPSA) is 75.9 Å². The number of hydrogen-bond donors (Lipinski definition) is 1. The first kappa shape index (κ1) is 14.9. The molecule has 0 radical (unpaired) electrons. The normalized spacial score (nSPS) is 14.7. The molecular formula is C16H15ClN6O. The molecule has 2 aromatic heterocycles. The van der Waals surface area contributed by atoms with E-state index in [0.29, 0.717) is 23.8 Å². The molecule has 0 unspecified atom stereocenters. The van der Waals surface area contributed by atoms with Gasteiger partial charge in [0, 0.05) is 31.4 Å². The molecule has 0 bridgehead atoms. The lowest BCUT2D eigenvalue weighted by Crippen LogP contribution is -2.59. The monoisotopic (exact) mass is 342 g/mol. The highest BCUT2D eigenvalue weighted by atomic mass is 35.5. The second-order valence-corrected chi connectivity index (χ2v) is 6.25. The van der Waals surface area contributed by atoms with Crippen LogP contribution in [0.25, 0.3) is 11.0 Å². The van der Waals surface area contributed by atoms with E-state index in [-0.39, 0.29) is 11.9 Å². The molecule has 1 N–H and O–H groups in total. The van der Waals surface area contributed by atoms with Gasteiger partial charge < -0.3 is 10.2 Å². The molecule has 7 nitrogen and oxygen atoms in total. The van der Waals surface area contributed by atoms with Crippen LogP contribution in [-0.2, 0) is 7.05 Å². The predicted octanol–water partition coefficient (Wildman–Crippen LogP) is 1.64. The largest absolute Gasteiger partial charge is 0.351 e. The van der Waals surface area contributed by atoms with Crippen LogP contribution in [-0.4, -0.2) is 44.8 Å². The molecule has 0 atom stereocenters. The van der Waals surface area contributed by atoms with Gasteiger partial charge in [0.1, 0.15) is 11.5 Å². The first-order valence-electron chi connectivity index (χ1n) is 7.56. The summed E-state index contributed by atoms with van der Waals surface area (Å²) in [6, 6.07) is 7.23. The van der Waals surface area contributed by atoms with Crippen LogP contribution < -0.4 is 10.2 Å². The van der Waals surface area contributed by atoms with E-state index in [1.54, 1.807) is 42.3 Å². The van der Waals surface area contributed by atoms with Crippen molar-refractivity contribution in [2.45, 2.75) is 6.04 Å². The number of hydrogen-bond acceptors (Lipinski definition) is 5. The molecule has 0 spiro atoms. The van der Waals surface area contributed by atoms with Gasteiger partial charge in [-0.25, -0.2) is 4.98 Å². The number of anilines is 1. The van der Waals surface area contributed by atoms with Crippen LogP contribution in [0.5, 0.6) is 0 Å². The molecule has 0 saturated carbocycles. The van der Waals surface area contributed by atoms with Crippen LogP contribution in [0.2, 0.25) is 5.02 Å². The molecule has 1 amide bonds. The number of aromatic nitrogens is 4. The summed E-state index contributed by atoms with van der Waals surface area (Å²) in [6.45, 7) is 1.40. The van der Waals surface area contributed by atoms with Gasteiger partial charge in [-0.2, -0.15) is 5.10 Å². The maximum Gasteiger partial charge on any atom is 0.272 e. The lowest BCUT2D eigenvalue weighted by atomic mass is 10.1. The summed E-state index contributed by atoms with van der Waals surface area (Å²) >= 11 is 5.95. The zero-order valence-electron chi connectivity index (χ0n) is 13.0. The van der Waals surface area contributed by atoms with Gasteiger partial charge >= 0.3 is 0 Å². The molecule has 8 heteroatoms. The van der Waals surface area contributed by atoms with Gasteiger partial charge in [0.15, 0.2) is 0 Å². The maximum atomic E-state index is 12.1. The minimum atomic E-state index is -0.153. The fourth-order valence-corrected chi connectivity index (χ4v) is 2.85. The van der Waals surface area contributed by atoms with Crippen molar-refractivity contribution in [2.24, 2.45) is 7.05 Å². The second kappa shape index (κ2) is 5.76. The number of fused-ring (bicyclic) bond motifs is 1. The van der Waals surface area contributed by atoms with Crippen molar-refractivity contribution in [1.29, 1.82) is 0 Å². The van der Waals surface area contributed by atoms with Crippen molar-refractivity contribution in [2.75, 3.05) is 18.0 Å². The number of aryl methyl sites for hydroxylation is 1. The Labute approximate surface area is 143 Å². The van der Waals surface area contributed by atoms with Gasteiger partial charge in [0.25, 0.3) is 5.91 Å². The summed E-state index contributed by atoms with van der Waals surface area (Å²) in [6.07, 6.45) is 3.48. The average Bonchev–Trinajstić information content (AvgIpc) is 2.96. The molecular weight excluding hydrogens is 328 g/mol. The highest BCUT2D eigenvalue weighted by Crippen LogP contribution is 2.22. The van der Waals surface area contributed by atoms with Crippen molar-refractivity contribution in [3.8, 4) is 0 Å². The van der Waals surface area contributed by atoms with E-state index >= 15 is 0 Å². The third kappa shape index (κ3) is 2.78. The van der Waals surface area contributed by atoms with E-state index in [1.165, 1.54) is 0 Å². The first-order valence-corrected chi connectivity index (χ1v) is 7.94. The number of amides is 1. The maximum absolute atomic E-state index is 12.1. The third-order valence-corrected chi connectivity index (χ3v) is 4.21. The number of carbonyl (C=O) groups is 1. The molecule has 1 saturated heterocycles. The standard InChI is InChI=1S/C16H15ClN6O/c1-22-5-4-13(21-22)16(24)19-11-8-23(9-11)15-7-18-14-6-10(17)2-3-12(14)20-15/h2-7,11H,8-9H2,1H3,(H,19,24). The molecule has 24 heavy (non-hydrogen) atoms. The van der Waals surface area contributed by atoms with Gasteiger partial charge in [-0.1, -0.05) is 11.6 Å². The van der Waals surface area contributed by atoms with Crippen molar-refractivity contribution < 1.29 is 4.79 Å². The number of rotatable bonds is 3. The number of halogens is 1. The van der Waals surface area contributed by atoms with Gasteiger partial charge in [-0.3, -0.25) is 14.5 Å². The quantitative estimate of drug-likeness (QED) is 0.783. The fourth-order valence-electron chi connectivity index (χ4n) is 2.68. The second-order valence-electron chi connectivity index (χ2n) is 5.81. The van der Waals surface area contributed by atoms with E-state index in [1.807, 2.05) is 6.07 Å². The summed E-state index contributed by atoms with van der Waals surface area (Å²) < 4.78 is 1.61. The van der Waals surface area contributed by atoms with E-state index < -0.39 is 0 Å². The Hall–Kier alpha value is -2.67. The summed E-state index contributed by atoms with van der Waals surface area (Å²) in [5, 5.41) is 7.71. The summed E-state index contributed by atoms with van der Waals surface area (Å²) in [5.41, 5.74) is 2.00. The Bertz CT molecular complexity index is 918. The average molecular weight is 343 g/mol. The summed E-state index contributed by atoms with van der Waals surface area (Å²) in [4.78, 5) is 23.1. The number of nitrogens with one attached hydrogen (secondary N) is 1. The van der Waals surface area contributed by atoms with E-state index in [4.69, 9.17) is 11.6 Å². The van der Waals surface area contributed by atoms with Crippen LogP contribution >= 0.6 is 11.6 Å². The van der Waals surface area contributed by atoms with Crippen molar-refractivity contribution in [3.05, 3.63) is 47.4 Å². The molecule has 1 fully saturated rings. The lowest BCUT2D eigenvalue weighted by molar-refractivity contribution is 0.0924. The molecule has 1 aliphatic heterocycles. The van der Waals surface area contributed by atoms with Gasteiger partial charge in [0.05, 0.1) is 23.3 Å². The summed E-state index contributed by atoms with van der Waals surface area (Å²) in [5.74, 6) is 0.646. The third-order valence-electron chi connectivity index (χ3n) is 3.98. The van der Waals surface area contributed by atoms with Crippen molar-refractivity contribution >= 4 is 34.4 Å². The van der Waals surface area contributed by atoms with E-state index in [0.717, 1.165) is 16.9 Å². The molecule has 1 aromatic carbocycles. The predicted molar refractivity (Wildman–Crippen MR) is 91.2 cm³/mol. The molecule has 1 aliphatic rings. The number of carbonyl (C=O) groups excluding carboxylic acids is 1. The van der Waals surface area contributed by atoms with Gasteiger partial charge in [0.2, 0.25) is 0 Å². The minimum absolute atomic E-state index is 0.0854. The van der Waals surface area contributed by atoms with Crippen molar-refractivity contribution in [3.63, 3.8) is 0 Å². The fraction of sp³-hybridized carbons (Fsp3) is 0.250. The first-order chi connectivity index (χ1) is 11.6. The Kier molecular flexibility index (Phi) is 3.57. The minimum Gasteiger partial charge on any atom is -0.351 e. The lowest BCUT2D eigenvalue weighted by Gasteiger charge is -2.40. The van der Waals surface area contributed by atoms with Crippen LogP contribution in [0.4, 0.5) is 5.82 Å². The zero-order chi connectivity index (χ0) is 16.7. The molecule has 3 heterocycles. The molecule has 3 aromatic rings. The molecule has 122 valence electrons. The van der Waals surface area contributed by atoms with Crippen LogP contribution in [0.3, 0.4) is 0 Å². The Morgan fingerprint density at radius 2 is 2.12 bits per heavy atom.